The summed E-state index contributed by atoms with van der Waals surface area (Å²) in [6, 6.07) is 3.59. The molecule has 0 saturated carbocycles. The predicted octanol–water partition coefficient (Wildman–Crippen LogP) is 5.08. The van der Waals surface area contributed by atoms with E-state index >= 15 is 0 Å². The molecular formula is C28H37ClF2N8O. The average molecular weight is 575 g/mol. The Morgan fingerprint density at radius 1 is 1.27 bits per heavy atom. The topological polar surface area (TPSA) is 94.1 Å². The minimum Gasteiger partial charge on any atom is -0.373 e. The lowest BCUT2D eigenvalue weighted by Gasteiger charge is -2.39. The van der Waals surface area contributed by atoms with Crippen molar-refractivity contribution in [3.8, 4) is 0 Å². The van der Waals surface area contributed by atoms with Crippen molar-refractivity contribution in [3.63, 3.8) is 0 Å². The number of carbonyl (C=O) groups is 1. The van der Waals surface area contributed by atoms with E-state index in [9.17, 15) is 13.6 Å². The van der Waals surface area contributed by atoms with Gasteiger partial charge in [-0.05, 0) is 56.2 Å². The van der Waals surface area contributed by atoms with Crippen LogP contribution in [0.1, 0.15) is 74.2 Å². The maximum atomic E-state index is 14.3. The molecule has 0 aliphatic carbocycles. The molecule has 0 bridgehead atoms. The number of likely N-dealkylation sites (N-methyl/N-ethyl adjacent to an activating group) is 1. The summed E-state index contributed by atoms with van der Waals surface area (Å²) in [5.41, 5.74) is 1.03. The Bertz CT molecular complexity index is 1420. The first kappa shape index (κ1) is 28.4. The number of carbonyl (C=O) groups excluding carboxylic acids is 1. The second-order valence-corrected chi connectivity index (χ2v) is 12.2. The largest absolute Gasteiger partial charge is 0.373 e. The number of hydrogen-bond acceptors (Lipinski definition) is 6. The molecule has 0 spiro atoms. The normalized spacial score (nSPS) is 18.8. The Morgan fingerprint density at radius 3 is 2.65 bits per heavy atom. The summed E-state index contributed by atoms with van der Waals surface area (Å²) in [4.78, 5) is 22.0. The number of fused-ring (bicyclic) bond motifs is 1. The van der Waals surface area contributed by atoms with Crippen molar-refractivity contribution >= 4 is 34.2 Å². The predicted molar refractivity (Wildman–Crippen MR) is 153 cm³/mol. The zero-order chi connectivity index (χ0) is 28.8. The number of allylic oxidation sites excluding steroid dienone is 1. The van der Waals surface area contributed by atoms with Crippen LogP contribution in [-0.2, 0) is 12.0 Å². The molecule has 216 valence electrons. The third kappa shape index (κ3) is 5.54. The molecule has 4 heterocycles. The quantitative estimate of drug-likeness (QED) is 0.347. The Kier molecular flexibility index (Phi) is 7.80. The third-order valence-corrected chi connectivity index (χ3v) is 7.95. The van der Waals surface area contributed by atoms with Gasteiger partial charge in [-0.15, -0.1) is 0 Å². The molecule has 3 aromatic rings. The number of aromatic nitrogens is 4. The maximum Gasteiger partial charge on any atom is 0.282 e. The smallest absolute Gasteiger partial charge is 0.282 e. The van der Waals surface area contributed by atoms with Crippen LogP contribution >= 0.6 is 11.6 Å². The zero-order valence-electron chi connectivity index (χ0n) is 23.6. The van der Waals surface area contributed by atoms with Crippen LogP contribution in [0.4, 0.5) is 14.6 Å². The molecule has 1 atom stereocenters. The highest BCUT2D eigenvalue weighted by Gasteiger charge is 2.36. The van der Waals surface area contributed by atoms with Crippen LogP contribution in [0.25, 0.3) is 10.9 Å². The summed E-state index contributed by atoms with van der Waals surface area (Å²) in [6.07, 6.45) is 1.73. The minimum absolute atomic E-state index is 0.0507. The molecule has 40 heavy (non-hydrogen) atoms. The van der Waals surface area contributed by atoms with Gasteiger partial charge < -0.3 is 25.0 Å². The van der Waals surface area contributed by atoms with Crippen molar-refractivity contribution in [2.45, 2.75) is 64.6 Å². The number of alkyl halides is 2. The molecule has 9 nitrogen and oxygen atoms in total. The molecule has 1 amide bonds. The molecule has 3 N–H and O–H groups in total. The van der Waals surface area contributed by atoms with Crippen molar-refractivity contribution in [1.29, 1.82) is 0 Å². The lowest BCUT2D eigenvalue weighted by atomic mass is 9.86. The Hall–Kier alpha value is -3.18. The fourth-order valence-corrected chi connectivity index (χ4v) is 6.06. The summed E-state index contributed by atoms with van der Waals surface area (Å²) in [5.74, 6) is 0.438. The number of nitrogens with one attached hydrogen (secondary N) is 3. The van der Waals surface area contributed by atoms with Gasteiger partial charge >= 0.3 is 0 Å². The first-order valence-electron chi connectivity index (χ1n) is 13.6. The maximum absolute atomic E-state index is 14.3. The van der Waals surface area contributed by atoms with E-state index in [0.29, 0.717) is 36.3 Å². The van der Waals surface area contributed by atoms with E-state index in [1.807, 2.05) is 38.4 Å². The number of anilines is 1. The van der Waals surface area contributed by atoms with Gasteiger partial charge in [0, 0.05) is 36.1 Å². The lowest BCUT2D eigenvalue weighted by Crippen LogP contribution is -2.57. The minimum atomic E-state index is -2.89. The molecule has 12 heteroatoms. The second kappa shape index (κ2) is 11.0. The summed E-state index contributed by atoms with van der Waals surface area (Å²) >= 11 is 6.53. The average Bonchev–Trinajstić information content (AvgIpc) is 3.56. The van der Waals surface area contributed by atoms with Gasteiger partial charge in [0.15, 0.2) is 5.82 Å². The number of rotatable bonds is 8. The van der Waals surface area contributed by atoms with E-state index in [-0.39, 0.29) is 29.7 Å². The van der Waals surface area contributed by atoms with Crippen molar-refractivity contribution < 1.29 is 13.6 Å². The van der Waals surface area contributed by atoms with Crippen molar-refractivity contribution in [2.75, 3.05) is 38.5 Å². The summed E-state index contributed by atoms with van der Waals surface area (Å²) in [5, 5.41) is 15.1. The molecule has 1 aromatic carbocycles. The van der Waals surface area contributed by atoms with Gasteiger partial charge in [0.05, 0.1) is 18.1 Å². The second-order valence-electron chi connectivity index (χ2n) is 11.8. The Balaban J connectivity index is 1.47. The third-order valence-electron chi connectivity index (χ3n) is 7.64. The van der Waals surface area contributed by atoms with Crippen LogP contribution in [0.2, 0.25) is 5.02 Å². The molecule has 1 unspecified atom stereocenters. The molecule has 2 fully saturated rings. The van der Waals surface area contributed by atoms with E-state index in [0.717, 1.165) is 29.4 Å². The van der Waals surface area contributed by atoms with Gasteiger partial charge in [-0.3, -0.25) is 9.89 Å². The van der Waals surface area contributed by atoms with Gasteiger partial charge in [-0.25, -0.2) is 13.8 Å². The molecule has 2 aliphatic rings. The number of halogens is 3. The number of hydrogen-bond donors (Lipinski definition) is 3. The molecule has 0 radical (unpaired) electrons. The number of H-pyrrole nitrogens is 1. The number of nitrogens with zero attached hydrogens (tertiary/aromatic N) is 5. The fraction of sp³-hybridized carbons (Fsp3) is 0.536. The standard InChI is InChI=1S/C28H37ClF2N8O/c1-6-8-38-13-16(14-38)33-27(40)24-23(25(30)31)34-22(39(24)17-7-9-37(5)15-17)12-32-26-18-10-19(28(2,3)4)20(29)11-21(18)35-36-26/h6,8,10-11,16-17,25H,7,9,12-15H2,1-5H3,(H,33,40)(H2,32,35,36). The first-order valence-corrected chi connectivity index (χ1v) is 14.0. The van der Waals surface area contributed by atoms with Crippen LogP contribution in [0, 0.1) is 0 Å². The zero-order valence-corrected chi connectivity index (χ0v) is 24.3. The number of likely N-dealkylation sites (tertiary alicyclic amines) is 2. The number of amides is 1. The van der Waals surface area contributed by atoms with Crippen LogP contribution in [0.15, 0.2) is 24.4 Å². The van der Waals surface area contributed by atoms with Crippen LogP contribution < -0.4 is 10.6 Å². The van der Waals surface area contributed by atoms with Crippen LogP contribution in [0.3, 0.4) is 0 Å². The molecule has 2 saturated heterocycles. The van der Waals surface area contributed by atoms with Gasteiger partial charge in [0.25, 0.3) is 12.3 Å². The SMILES string of the molecule is CC=CN1CC(NC(=O)c2c(C(F)F)nc(CNc3n[nH]c4cc(Cl)c(C(C)(C)C)cc34)n2C2CCN(C)C2)C1. The molecule has 5 rings (SSSR count). The Labute approximate surface area is 237 Å². The highest BCUT2D eigenvalue weighted by molar-refractivity contribution is 6.32. The molecule has 2 aromatic heterocycles. The van der Waals surface area contributed by atoms with E-state index in [1.54, 1.807) is 4.57 Å². The number of aromatic amines is 1. The summed E-state index contributed by atoms with van der Waals surface area (Å²) in [7, 11) is 1.99. The van der Waals surface area contributed by atoms with Gasteiger partial charge in [0.2, 0.25) is 0 Å². The van der Waals surface area contributed by atoms with Crippen LogP contribution in [-0.4, -0.2) is 74.7 Å². The van der Waals surface area contributed by atoms with Crippen molar-refractivity contribution in [3.05, 3.63) is 52.2 Å². The molecular weight excluding hydrogens is 538 g/mol. The highest BCUT2D eigenvalue weighted by Crippen LogP contribution is 2.35. The number of imidazole rings is 1. The van der Waals surface area contributed by atoms with Crippen molar-refractivity contribution in [2.24, 2.45) is 0 Å². The Morgan fingerprint density at radius 2 is 2.02 bits per heavy atom. The van der Waals surface area contributed by atoms with E-state index in [1.165, 1.54) is 0 Å². The van der Waals surface area contributed by atoms with Gasteiger partial charge in [0.1, 0.15) is 17.2 Å². The fourth-order valence-electron chi connectivity index (χ4n) is 5.62. The van der Waals surface area contributed by atoms with Crippen molar-refractivity contribution in [1.82, 2.24) is 34.9 Å². The lowest BCUT2D eigenvalue weighted by molar-refractivity contribution is 0.0850. The van der Waals surface area contributed by atoms with Gasteiger partial charge in [-0.2, -0.15) is 5.10 Å². The van der Waals surface area contributed by atoms with E-state index < -0.39 is 18.0 Å². The molecule has 2 aliphatic heterocycles. The number of benzene rings is 1. The summed E-state index contributed by atoms with van der Waals surface area (Å²) in [6.45, 7) is 11.0. The first-order chi connectivity index (χ1) is 19.0. The highest BCUT2D eigenvalue weighted by atomic mass is 35.5. The van der Waals surface area contributed by atoms with Crippen LogP contribution in [0.5, 0.6) is 0 Å². The van der Waals surface area contributed by atoms with E-state index in [2.05, 4.69) is 56.4 Å². The van der Waals surface area contributed by atoms with Gasteiger partial charge in [-0.1, -0.05) is 38.4 Å². The monoisotopic (exact) mass is 574 g/mol. The summed E-state index contributed by atoms with van der Waals surface area (Å²) < 4.78 is 30.4. The van der Waals surface area contributed by atoms with E-state index in [4.69, 9.17) is 11.6 Å².